The van der Waals surface area contributed by atoms with Crippen molar-refractivity contribution >= 4 is 18.8 Å². The van der Waals surface area contributed by atoms with E-state index in [0.29, 0.717) is 6.54 Å². The van der Waals surface area contributed by atoms with Crippen molar-refractivity contribution in [1.29, 1.82) is 0 Å². The molecule has 0 saturated carbocycles. The molecule has 12 heavy (non-hydrogen) atoms. The van der Waals surface area contributed by atoms with Crippen LogP contribution in [0.2, 0.25) is 0 Å². The predicted molar refractivity (Wildman–Crippen MR) is 54.4 cm³/mol. The van der Waals surface area contributed by atoms with Gasteiger partial charge in [0.25, 0.3) is 0 Å². The molecular weight excluding hydrogens is 170 g/mol. The third kappa shape index (κ3) is 2.58. The summed E-state index contributed by atoms with van der Waals surface area (Å²) in [5, 5.41) is 9.30. The molecule has 64 valence electrons. The summed E-state index contributed by atoms with van der Waals surface area (Å²) in [6, 6.07) is 7.10. The molecule has 0 atom stereocenters. The maximum absolute atomic E-state index is 9.30. The normalized spacial score (nSPS) is 10.8. The lowest BCUT2D eigenvalue weighted by molar-refractivity contribution is 0.474. The van der Waals surface area contributed by atoms with Gasteiger partial charge in [-0.1, -0.05) is 12.1 Å². The summed E-state index contributed by atoms with van der Waals surface area (Å²) in [5.41, 5.74) is 0.749. The van der Waals surface area contributed by atoms with E-state index in [4.69, 9.17) is 0 Å². The zero-order chi connectivity index (χ0) is 8.81. The van der Waals surface area contributed by atoms with Crippen LogP contribution in [0.1, 0.15) is 5.56 Å². The molecule has 3 heteroatoms. The second-order valence-electron chi connectivity index (χ2n) is 2.32. The van der Waals surface area contributed by atoms with Crippen LogP contribution in [0.3, 0.4) is 0 Å². The van der Waals surface area contributed by atoms with Crippen molar-refractivity contribution in [3.63, 3.8) is 0 Å². The van der Waals surface area contributed by atoms with Crippen LogP contribution < -0.4 is 0 Å². The summed E-state index contributed by atoms with van der Waals surface area (Å²) in [4.78, 5) is 4.06. The molecule has 0 aliphatic rings. The minimum absolute atomic E-state index is 0.264. The fraction of sp³-hybridized carbons (Fsp3) is 0.222. The largest absolute Gasteiger partial charge is 0.507 e. The quantitative estimate of drug-likeness (QED) is 0.540. The van der Waals surface area contributed by atoms with Gasteiger partial charge in [-0.3, -0.25) is 4.99 Å². The van der Waals surface area contributed by atoms with E-state index in [1.807, 2.05) is 12.1 Å². The molecule has 0 fully saturated rings. The number of hydrogen-bond donors (Lipinski definition) is 2. The first-order chi connectivity index (χ1) is 5.84. The Morgan fingerprint density at radius 2 is 2.17 bits per heavy atom. The number of benzene rings is 1. The first-order valence-corrected chi connectivity index (χ1v) is 4.36. The Labute approximate surface area is 77.4 Å². The van der Waals surface area contributed by atoms with E-state index in [2.05, 4.69) is 17.6 Å². The Morgan fingerprint density at radius 1 is 1.42 bits per heavy atom. The van der Waals surface area contributed by atoms with Crippen LogP contribution in [0.25, 0.3) is 0 Å². The molecule has 0 aliphatic carbocycles. The van der Waals surface area contributed by atoms with Crippen molar-refractivity contribution in [2.24, 2.45) is 4.99 Å². The Balaban J connectivity index is 2.68. The Hall–Kier alpha value is -0.960. The molecule has 0 spiro atoms. The van der Waals surface area contributed by atoms with Crippen molar-refractivity contribution in [2.45, 2.75) is 0 Å². The van der Waals surface area contributed by atoms with Gasteiger partial charge in [-0.15, -0.1) is 0 Å². The average molecular weight is 181 g/mol. The van der Waals surface area contributed by atoms with E-state index >= 15 is 0 Å². The highest BCUT2D eigenvalue weighted by Gasteiger charge is 1.92. The smallest absolute Gasteiger partial charge is 0.124 e. The van der Waals surface area contributed by atoms with E-state index in [-0.39, 0.29) is 5.75 Å². The molecule has 0 amide bonds. The van der Waals surface area contributed by atoms with Gasteiger partial charge in [0.15, 0.2) is 0 Å². The molecule has 0 aromatic heterocycles. The SMILES string of the molecule is Oc1ccccc1C=NCCS. The van der Waals surface area contributed by atoms with Gasteiger partial charge in [0.05, 0.1) is 0 Å². The van der Waals surface area contributed by atoms with Crippen LogP contribution >= 0.6 is 12.6 Å². The van der Waals surface area contributed by atoms with Gasteiger partial charge in [0, 0.05) is 24.1 Å². The molecule has 0 heterocycles. The second kappa shape index (κ2) is 4.83. The predicted octanol–water partition coefficient (Wildman–Crippen LogP) is 1.74. The lowest BCUT2D eigenvalue weighted by Crippen LogP contribution is -1.85. The lowest BCUT2D eigenvalue weighted by Gasteiger charge is -1.95. The number of aromatic hydroxyl groups is 1. The van der Waals surface area contributed by atoms with Gasteiger partial charge in [-0.2, -0.15) is 12.6 Å². The maximum Gasteiger partial charge on any atom is 0.124 e. The lowest BCUT2D eigenvalue weighted by atomic mass is 10.2. The van der Waals surface area contributed by atoms with Crippen LogP contribution in [-0.4, -0.2) is 23.6 Å². The molecular formula is C9H11NOS. The van der Waals surface area contributed by atoms with Crippen molar-refractivity contribution in [3.05, 3.63) is 29.8 Å². The number of phenols is 1. The Morgan fingerprint density at radius 3 is 2.83 bits per heavy atom. The summed E-state index contributed by atoms with van der Waals surface area (Å²) in [6.07, 6.45) is 1.66. The third-order valence-electron chi connectivity index (χ3n) is 1.40. The van der Waals surface area contributed by atoms with Gasteiger partial charge in [0.2, 0.25) is 0 Å². The number of thiol groups is 1. The number of phenolic OH excluding ortho intramolecular Hbond substituents is 1. The van der Waals surface area contributed by atoms with Crippen LogP contribution in [0, 0.1) is 0 Å². The van der Waals surface area contributed by atoms with Crippen molar-refractivity contribution in [3.8, 4) is 5.75 Å². The highest BCUT2D eigenvalue weighted by atomic mass is 32.1. The van der Waals surface area contributed by atoms with Crippen LogP contribution in [-0.2, 0) is 0 Å². The van der Waals surface area contributed by atoms with Crippen LogP contribution in [0.15, 0.2) is 29.3 Å². The maximum atomic E-state index is 9.30. The topological polar surface area (TPSA) is 32.6 Å². The van der Waals surface area contributed by atoms with Gasteiger partial charge in [-0.05, 0) is 12.1 Å². The Kier molecular flexibility index (Phi) is 3.67. The zero-order valence-corrected chi connectivity index (χ0v) is 7.54. The molecule has 0 saturated heterocycles. The third-order valence-corrected chi connectivity index (χ3v) is 1.60. The summed E-state index contributed by atoms with van der Waals surface area (Å²) in [5.74, 6) is 0.991. The summed E-state index contributed by atoms with van der Waals surface area (Å²) < 4.78 is 0. The van der Waals surface area contributed by atoms with E-state index in [9.17, 15) is 5.11 Å². The van der Waals surface area contributed by atoms with Gasteiger partial charge >= 0.3 is 0 Å². The molecule has 2 nitrogen and oxygen atoms in total. The Bertz CT molecular complexity index is 273. The molecule has 1 N–H and O–H groups in total. The van der Waals surface area contributed by atoms with E-state index in [0.717, 1.165) is 11.3 Å². The fourth-order valence-corrected chi connectivity index (χ4v) is 0.933. The second-order valence-corrected chi connectivity index (χ2v) is 2.76. The zero-order valence-electron chi connectivity index (χ0n) is 6.64. The van der Waals surface area contributed by atoms with Crippen LogP contribution in [0.4, 0.5) is 0 Å². The van der Waals surface area contributed by atoms with E-state index in [1.165, 1.54) is 0 Å². The first-order valence-electron chi connectivity index (χ1n) is 3.73. The van der Waals surface area contributed by atoms with Gasteiger partial charge in [-0.25, -0.2) is 0 Å². The summed E-state index contributed by atoms with van der Waals surface area (Å²) in [7, 11) is 0. The number of rotatable bonds is 3. The van der Waals surface area contributed by atoms with Gasteiger partial charge in [0.1, 0.15) is 5.75 Å². The van der Waals surface area contributed by atoms with Crippen molar-refractivity contribution < 1.29 is 5.11 Å². The molecule has 0 unspecified atom stereocenters. The number of nitrogens with zero attached hydrogens (tertiary/aromatic N) is 1. The monoisotopic (exact) mass is 181 g/mol. The first kappa shape index (κ1) is 9.13. The number of hydrogen-bond acceptors (Lipinski definition) is 3. The standard InChI is InChI=1S/C9H11NOS/c11-9-4-2-1-3-8(9)7-10-5-6-12/h1-4,7,11-12H,5-6H2. The van der Waals surface area contributed by atoms with E-state index in [1.54, 1.807) is 18.3 Å². The molecule has 0 bridgehead atoms. The molecule has 1 aromatic rings. The molecule has 0 aliphatic heterocycles. The highest BCUT2D eigenvalue weighted by Crippen LogP contribution is 2.12. The van der Waals surface area contributed by atoms with Crippen molar-refractivity contribution in [1.82, 2.24) is 0 Å². The van der Waals surface area contributed by atoms with Crippen molar-refractivity contribution in [2.75, 3.05) is 12.3 Å². The number of para-hydroxylation sites is 1. The molecule has 1 aromatic carbocycles. The summed E-state index contributed by atoms with van der Waals surface area (Å²) >= 11 is 4.02. The number of aliphatic imine (C=N–C) groups is 1. The minimum Gasteiger partial charge on any atom is -0.507 e. The van der Waals surface area contributed by atoms with Crippen LogP contribution in [0.5, 0.6) is 5.75 Å². The van der Waals surface area contributed by atoms with E-state index < -0.39 is 0 Å². The minimum atomic E-state index is 0.264. The highest BCUT2D eigenvalue weighted by molar-refractivity contribution is 7.80. The fourth-order valence-electron chi connectivity index (χ4n) is 0.817. The molecule has 0 radical (unpaired) electrons. The molecule has 1 rings (SSSR count). The average Bonchev–Trinajstić information content (AvgIpc) is 2.09. The summed E-state index contributed by atoms with van der Waals surface area (Å²) in [6.45, 7) is 0.678. The van der Waals surface area contributed by atoms with Gasteiger partial charge < -0.3 is 5.11 Å².